The van der Waals surface area contributed by atoms with Gasteiger partial charge in [-0.05, 0) is 67.6 Å². The smallest absolute Gasteiger partial charge is 0.255 e. The van der Waals surface area contributed by atoms with Crippen LogP contribution in [0.15, 0.2) is 72.8 Å². The number of aryl methyl sites for hydroxylation is 2. The van der Waals surface area contributed by atoms with E-state index >= 15 is 0 Å². The third-order valence-electron chi connectivity index (χ3n) is 5.69. The Morgan fingerprint density at radius 1 is 1.00 bits per heavy atom. The topological polar surface area (TPSA) is 67.4 Å². The molecule has 3 aromatic rings. The summed E-state index contributed by atoms with van der Waals surface area (Å²) in [6, 6.07) is 23.3. The number of amides is 2. The molecule has 0 aromatic heterocycles. The van der Waals surface area contributed by atoms with Crippen molar-refractivity contribution in [3.8, 4) is 5.75 Å². The van der Waals surface area contributed by atoms with Gasteiger partial charge in [0.2, 0.25) is 5.91 Å². The first-order chi connectivity index (χ1) is 15.6. The van der Waals surface area contributed by atoms with Crippen LogP contribution in [-0.2, 0) is 17.6 Å². The minimum absolute atomic E-state index is 0.0119. The van der Waals surface area contributed by atoms with Gasteiger partial charge in [0, 0.05) is 17.8 Å². The van der Waals surface area contributed by atoms with Crippen LogP contribution in [0.5, 0.6) is 5.75 Å². The first kappa shape index (κ1) is 21.6. The summed E-state index contributed by atoms with van der Waals surface area (Å²) in [6.07, 6.45) is 2.43. The van der Waals surface area contributed by atoms with Crippen molar-refractivity contribution in [1.29, 1.82) is 0 Å². The molecule has 0 fully saturated rings. The highest BCUT2D eigenvalue weighted by atomic mass is 16.5. The van der Waals surface area contributed by atoms with Gasteiger partial charge in [0.25, 0.3) is 5.91 Å². The van der Waals surface area contributed by atoms with E-state index in [-0.39, 0.29) is 17.7 Å². The summed E-state index contributed by atoms with van der Waals surface area (Å²) in [4.78, 5) is 25.1. The van der Waals surface area contributed by atoms with Gasteiger partial charge >= 0.3 is 0 Å². The summed E-state index contributed by atoms with van der Waals surface area (Å²) < 4.78 is 5.82. The van der Waals surface area contributed by atoms with E-state index in [2.05, 4.69) is 22.8 Å². The van der Waals surface area contributed by atoms with Crippen molar-refractivity contribution in [2.75, 3.05) is 18.5 Å². The Balaban J connectivity index is 1.30. The summed E-state index contributed by atoms with van der Waals surface area (Å²) in [5.74, 6) is 0.390. The lowest BCUT2D eigenvalue weighted by molar-refractivity contribution is -0.126. The molecule has 2 amide bonds. The zero-order chi connectivity index (χ0) is 22.3. The monoisotopic (exact) mass is 428 g/mol. The van der Waals surface area contributed by atoms with Crippen LogP contribution >= 0.6 is 0 Å². The fourth-order valence-electron chi connectivity index (χ4n) is 3.84. The second-order valence-corrected chi connectivity index (χ2v) is 8.23. The van der Waals surface area contributed by atoms with Gasteiger partial charge in [0.15, 0.2) is 0 Å². The van der Waals surface area contributed by atoms with E-state index in [0.717, 1.165) is 29.7 Å². The lowest BCUT2D eigenvalue weighted by Crippen LogP contribution is -2.37. The molecule has 1 aliphatic heterocycles. The molecular weight excluding hydrogens is 400 g/mol. The molecule has 0 spiro atoms. The normalized spacial score (nSPS) is 14.7. The van der Waals surface area contributed by atoms with Crippen LogP contribution in [0, 0.1) is 12.8 Å². The van der Waals surface area contributed by atoms with Crippen molar-refractivity contribution < 1.29 is 14.3 Å². The Morgan fingerprint density at radius 3 is 2.56 bits per heavy atom. The van der Waals surface area contributed by atoms with Gasteiger partial charge in [-0.1, -0.05) is 48.0 Å². The number of ether oxygens (including phenoxy) is 1. The van der Waals surface area contributed by atoms with Crippen LogP contribution in [-0.4, -0.2) is 25.0 Å². The molecule has 4 rings (SSSR count). The molecule has 164 valence electrons. The quantitative estimate of drug-likeness (QED) is 0.543. The predicted octanol–water partition coefficient (Wildman–Crippen LogP) is 4.55. The molecule has 1 atom stereocenters. The number of nitrogens with one attached hydrogen (secondary N) is 2. The summed E-state index contributed by atoms with van der Waals surface area (Å²) in [5, 5.41) is 5.97. The lowest BCUT2D eigenvalue weighted by Gasteiger charge is -2.25. The lowest BCUT2D eigenvalue weighted by atomic mass is 9.95. The van der Waals surface area contributed by atoms with Gasteiger partial charge < -0.3 is 15.4 Å². The molecule has 5 heteroatoms. The number of carbonyl (C=O) groups excluding carboxylic acids is 2. The van der Waals surface area contributed by atoms with E-state index < -0.39 is 0 Å². The van der Waals surface area contributed by atoms with Crippen LogP contribution in [0.2, 0.25) is 0 Å². The minimum atomic E-state index is -0.234. The van der Waals surface area contributed by atoms with Crippen molar-refractivity contribution in [3.63, 3.8) is 0 Å². The maximum atomic E-state index is 12.6. The van der Waals surface area contributed by atoms with Crippen LogP contribution in [0.1, 0.15) is 33.5 Å². The predicted molar refractivity (Wildman–Crippen MR) is 126 cm³/mol. The Hall–Kier alpha value is -3.60. The molecule has 1 aliphatic rings. The third-order valence-corrected chi connectivity index (χ3v) is 5.69. The van der Waals surface area contributed by atoms with Crippen LogP contribution in [0.4, 0.5) is 5.69 Å². The third kappa shape index (κ3) is 5.55. The van der Waals surface area contributed by atoms with Crippen LogP contribution in [0.3, 0.4) is 0 Å². The SMILES string of the molecule is Cc1ccc(C(=O)Nc2ccc3c(c2)C[C@@H](C(=O)NCCCc2ccccc2)CO3)cc1. The zero-order valence-corrected chi connectivity index (χ0v) is 18.3. The first-order valence-corrected chi connectivity index (χ1v) is 11.0. The number of carbonyl (C=O) groups is 2. The van der Waals surface area contributed by atoms with E-state index in [0.29, 0.717) is 30.8 Å². The van der Waals surface area contributed by atoms with Gasteiger partial charge in [0.05, 0.1) is 5.92 Å². The second-order valence-electron chi connectivity index (χ2n) is 8.23. The number of benzene rings is 3. The average molecular weight is 429 g/mol. The highest BCUT2D eigenvalue weighted by molar-refractivity contribution is 6.04. The van der Waals surface area contributed by atoms with Crippen LogP contribution in [0.25, 0.3) is 0 Å². The highest BCUT2D eigenvalue weighted by Crippen LogP contribution is 2.30. The van der Waals surface area contributed by atoms with E-state index in [1.165, 1.54) is 5.56 Å². The summed E-state index contributed by atoms with van der Waals surface area (Å²) in [7, 11) is 0. The summed E-state index contributed by atoms with van der Waals surface area (Å²) >= 11 is 0. The number of rotatable bonds is 7. The number of hydrogen-bond donors (Lipinski definition) is 2. The standard InChI is InChI=1S/C27H28N2O3/c1-19-9-11-21(12-10-19)27(31)29-24-13-14-25-22(17-24)16-23(18-32-25)26(30)28-15-5-8-20-6-3-2-4-7-20/h2-4,6-7,9-14,17,23H,5,8,15-16,18H2,1H3,(H,28,30)(H,29,31)/t23-/m1/s1. The van der Waals surface area contributed by atoms with Gasteiger partial charge in [0.1, 0.15) is 12.4 Å². The minimum Gasteiger partial charge on any atom is -0.492 e. The van der Waals surface area contributed by atoms with Crippen molar-refractivity contribution in [2.45, 2.75) is 26.2 Å². The van der Waals surface area contributed by atoms with Gasteiger partial charge in [-0.3, -0.25) is 9.59 Å². The van der Waals surface area contributed by atoms with E-state index in [9.17, 15) is 9.59 Å². The molecule has 0 saturated heterocycles. The fourth-order valence-corrected chi connectivity index (χ4v) is 3.84. The molecule has 1 heterocycles. The molecule has 0 unspecified atom stereocenters. The largest absolute Gasteiger partial charge is 0.492 e. The van der Waals surface area contributed by atoms with Gasteiger partial charge in [-0.2, -0.15) is 0 Å². The van der Waals surface area contributed by atoms with Gasteiger partial charge in [-0.25, -0.2) is 0 Å². The summed E-state index contributed by atoms with van der Waals surface area (Å²) in [5.41, 5.74) is 4.62. The Morgan fingerprint density at radius 2 is 1.78 bits per heavy atom. The number of hydrogen-bond acceptors (Lipinski definition) is 3. The molecule has 0 aliphatic carbocycles. The molecular formula is C27H28N2O3. The molecule has 32 heavy (non-hydrogen) atoms. The molecule has 5 nitrogen and oxygen atoms in total. The Bertz CT molecular complexity index is 1080. The maximum absolute atomic E-state index is 12.6. The average Bonchev–Trinajstić information content (AvgIpc) is 2.82. The number of fused-ring (bicyclic) bond motifs is 1. The van der Waals surface area contributed by atoms with E-state index in [1.54, 1.807) is 0 Å². The highest BCUT2D eigenvalue weighted by Gasteiger charge is 2.26. The fraction of sp³-hybridized carbons (Fsp3) is 0.259. The summed E-state index contributed by atoms with van der Waals surface area (Å²) in [6.45, 7) is 3.00. The molecule has 0 saturated carbocycles. The Labute approximate surface area is 188 Å². The molecule has 2 N–H and O–H groups in total. The second kappa shape index (κ2) is 10.1. The molecule has 0 bridgehead atoms. The van der Waals surface area contributed by atoms with Crippen molar-refractivity contribution in [1.82, 2.24) is 5.32 Å². The first-order valence-electron chi connectivity index (χ1n) is 11.0. The van der Waals surface area contributed by atoms with E-state index in [4.69, 9.17) is 4.74 Å². The maximum Gasteiger partial charge on any atom is 0.255 e. The molecule has 0 radical (unpaired) electrons. The van der Waals surface area contributed by atoms with Crippen LogP contribution < -0.4 is 15.4 Å². The van der Waals surface area contributed by atoms with Gasteiger partial charge in [-0.15, -0.1) is 0 Å². The zero-order valence-electron chi connectivity index (χ0n) is 18.3. The van der Waals surface area contributed by atoms with Crippen molar-refractivity contribution >= 4 is 17.5 Å². The van der Waals surface area contributed by atoms with Crippen molar-refractivity contribution in [2.24, 2.45) is 5.92 Å². The van der Waals surface area contributed by atoms with E-state index in [1.807, 2.05) is 67.6 Å². The van der Waals surface area contributed by atoms with Crippen molar-refractivity contribution in [3.05, 3.63) is 95.1 Å². The number of anilines is 1. The Kier molecular flexibility index (Phi) is 6.85. The molecule has 3 aromatic carbocycles.